The predicted octanol–water partition coefficient (Wildman–Crippen LogP) is 0.251. The largest absolute Gasteiger partial charge is 0.332 e. The van der Waals surface area contributed by atoms with E-state index in [0.717, 1.165) is 4.57 Å². The van der Waals surface area contributed by atoms with E-state index in [-0.39, 0.29) is 29.6 Å². The zero-order valence-electron chi connectivity index (χ0n) is 12.9. The number of hydrogen-bond donors (Lipinski definition) is 0. The summed E-state index contributed by atoms with van der Waals surface area (Å²) < 4.78 is 16.8. The smallest absolute Gasteiger partial charge is 0.294 e. The maximum atomic E-state index is 13.1. The standard InChI is InChI=1S/C15H12FN5O3/c1-18-12-11(13(23)19(2)15(18)24)20-7-10(22)21(14(20)17-12)9-5-3-8(16)4-6-9/h3-6H,7H2,1-2H3. The first-order valence-electron chi connectivity index (χ1n) is 7.15. The summed E-state index contributed by atoms with van der Waals surface area (Å²) in [5.74, 6) is -0.475. The van der Waals surface area contributed by atoms with Crippen molar-refractivity contribution in [2.45, 2.75) is 6.54 Å². The van der Waals surface area contributed by atoms with Crippen molar-refractivity contribution in [1.29, 1.82) is 0 Å². The van der Waals surface area contributed by atoms with Crippen molar-refractivity contribution in [3.63, 3.8) is 0 Å². The molecule has 1 aliphatic heterocycles. The van der Waals surface area contributed by atoms with E-state index in [1.54, 1.807) is 0 Å². The second kappa shape index (κ2) is 4.63. The van der Waals surface area contributed by atoms with E-state index in [1.807, 2.05) is 0 Å². The molecule has 0 saturated carbocycles. The van der Waals surface area contributed by atoms with E-state index >= 15 is 0 Å². The number of rotatable bonds is 1. The lowest BCUT2D eigenvalue weighted by Gasteiger charge is -2.13. The van der Waals surface area contributed by atoms with Crippen LogP contribution >= 0.6 is 0 Å². The number of hydrogen-bond acceptors (Lipinski definition) is 4. The highest BCUT2D eigenvalue weighted by Crippen LogP contribution is 2.32. The number of benzene rings is 1. The molecule has 24 heavy (non-hydrogen) atoms. The Morgan fingerprint density at radius 2 is 1.71 bits per heavy atom. The third-order valence-electron chi connectivity index (χ3n) is 4.16. The molecule has 3 aromatic rings. The minimum Gasteiger partial charge on any atom is -0.294 e. The molecule has 2 aromatic heterocycles. The Bertz CT molecular complexity index is 1120. The fourth-order valence-corrected chi connectivity index (χ4v) is 2.92. The van der Waals surface area contributed by atoms with Gasteiger partial charge in [-0.3, -0.25) is 23.3 Å². The van der Waals surface area contributed by atoms with Gasteiger partial charge < -0.3 is 0 Å². The van der Waals surface area contributed by atoms with Gasteiger partial charge in [-0.1, -0.05) is 0 Å². The van der Waals surface area contributed by atoms with Crippen LogP contribution in [0.2, 0.25) is 0 Å². The molecule has 8 nitrogen and oxygen atoms in total. The molecule has 0 fully saturated rings. The number of amides is 1. The molecular weight excluding hydrogens is 317 g/mol. The number of halogens is 1. The summed E-state index contributed by atoms with van der Waals surface area (Å²) in [6.07, 6.45) is 0. The van der Waals surface area contributed by atoms with Crippen LogP contribution in [0.3, 0.4) is 0 Å². The minimum absolute atomic E-state index is 0.0728. The molecule has 0 aliphatic carbocycles. The zero-order valence-corrected chi connectivity index (χ0v) is 12.9. The molecule has 4 rings (SSSR count). The maximum absolute atomic E-state index is 13.1. The lowest BCUT2D eigenvalue weighted by molar-refractivity contribution is -0.117. The molecule has 3 heterocycles. The van der Waals surface area contributed by atoms with Gasteiger partial charge in [0.05, 0.1) is 5.69 Å². The predicted molar refractivity (Wildman–Crippen MR) is 83.8 cm³/mol. The van der Waals surface area contributed by atoms with Gasteiger partial charge >= 0.3 is 5.69 Å². The highest BCUT2D eigenvalue weighted by Gasteiger charge is 2.34. The van der Waals surface area contributed by atoms with Gasteiger partial charge in [-0.25, -0.2) is 14.1 Å². The normalized spacial score (nSPS) is 13.8. The molecule has 0 bridgehead atoms. The van der Waals surface area contributed by atoms with Gasteiger partial charge in [-0.15, -0.1) is 0 Å². The monoisotopic (exact) mass is 329 g/mol. The molecule has 122 valence electrons. The van der Waals surface area contributed by atoms with E-state index in [9.17, 15) is 18.8 Å². The lowest BCUT2D eigenvalue weighted by Crippen LogP contribution is -2.37. The van der Waals surface area contributed by atoms with Gasteiger partial charge in [0.15, 0.2) is 11.2 Å². The number of nitrogens with zero attached hydrogens (tertiary/aromatic N) is 5. The zero-order chi connectivity index (χ0) is 17.2. The number of aromatic nitrogens is 4. The first-order valence-corrected chi connectivity index (χ1v) is 7.15. The third kappa shape index (κ3) is 1.72. The molecule has 0 radical (unpaired) electrons. The number of anilines is 2. The molecule has 0 atom stereocenters. The highest BCUT2D eigenvalue weighted by atomic mass is 19.1. The second-order valence-electron chi connectivity index (χ2n) is 5.58. The Hall–Kier alpha value is -3.23. The van der Waals surface area contributed by atoms with Crippen LogP contribution in [0.5, 0.6) is 0 Å². The SMILES string of the molecule is Cn1c(=O)c2c(nc3n2CC(=O)N3c2ccc(F)cc2)n(C)c1=O. The average molecular weight is 329 g/mol. The number of carbonyl (C=O) groups excluding carboxylic acids is 1. The minimum atomic E-state index is -0.513. The van der Waals surface area contributed by atoms with Gasteiger partial charge in [0.25, 0.3) is 11.5 Å². The first-order chi connectivity index (χ1) is 11.4. The van der Waals surface area contributed by atoms with Crippen LogP contribution in [-0.2, 0) is 25.4 Å². The summed E-state index contributed by atoms with van der Waals surface area (Å²) in [4.78, 5) is 42.4. The van der Waals surface area contributed by atoms with Crippen molar-refractivity contribution in [3.05, 3.63) is 50.9 Å². The summed E-state index contributed by atoms with van der Waals surface area (Å²) in [7, 11) is 2.88. The summed E-state index contributed by atoms with van der Waals surface area (Å²) >= 11 is 0. The van der Waals surface area contributed by atoms with Crippen molar-refractivity contribution < 1.29 is 9.18 Å². The number of aryl methyl sites for hydroxylation is 1. The molecule has 0 saturated heterocycles. The molecule has 1 aliphatic rings. The number of fused-ring (bicyclic) bond motifs is 3. The molecule has 9 heteroatoms. The van der Waals surface area contributed by atoms with Gasteiger partial charge in [0, 0.05) is 14.1 Å². The van der Waals surface area contributed by atoms with Gasteiger partial charge in [-0.05, 0) is 24.3 Å². The van der Waals surface area contributed by atoms with Crippen LogP contribution in [0.25, 0.3) is 11.2 Å². The Labute approximate surface area is 134 Å². The van der Waals surface area contributed by atoms with Crippen LogP contribution in [-0.4, -0.2) is 24.6 Å². The van der Waals surface area contributed by atoms with E-state index in [1.165, 1.54) is 52.4 Å². The van der Waals surface area contributed by atoms with Crippen molar-refractivity contribution in [2.24, 2.45) is 14.1 Å². The van der Waals surface area contributed by atoms with Crippen molar-refractivity contribution in [1.82, 2.24) is 18.7 Å². The lowest BCUT2D eigenvalue weighted by atomic mass is 10.3. The molecule has 0 spiro atoms. The summed E-state index contributed by atoms with van der Waals surface area (Å²) in [5.41, 5.74) is -0.174. The average Bonchev–Trinajstić information content (AvgIpc) is 3.06. The van der Waals surface area contributed by atoms with Crippen LogP contribution in [0, 0.1) is 5.82 Å². The summed E-state index contributed by atoms with van der Waals surface area (Å²) in [5, 5.41) is 0. The summed E-state index contributed by atoms with van der Waals surface area (Å²) in [6, 6.07) is 5.39. The fourth-order valence-electron chi connectivity index (χ4n) is 2.92. The molecule has 1 amide bonds. The number of carbonyl (C=O) groups is 1. The van der Waals surface area contributed by atoms with E-state index < -0.39 is 17.1 Å². The highest BCUT2D eigenvalue weighted by molar-refractivity contribution is 6.04. The van der Waals surface area contributed by atoms with Crippen LogP contribution in [0.1, 0.15) is 0 Å². The van der Waals surface area contributed by atoms with Crippen LogP contribution in [0.4, 0.5) is 16.0 Å². The van der Waals surface area contributed by atoms with Gasteiger partial charge in [0.1, 0.15) is 12.4 Å². The van der Waals surface area contributed by atoms with Gasteiger partial charge in [0.2, 0.25) is 5.95 Å². The van der Waals surface area contributed by atoms with Crippen LogP contribution in [0.15, 0.2) is 33.9 Å². The van der Waals surface area contributed by atoms with Crippen LogP contribution < -0.4 is 16.1 Å². The molecule has 1 aromatic carbocycles. The molecular formula is C15H12FN5O3. The Kier molecular flexibility index (Phi) is 2.77. The Balaban J connectivity index is 2.03. The quantitative estimate of drug-likeness (QED) is 0.641. The molecule has 0 N–H and O–H groups in total. The summed E-state index contributed by atoms with van der Waals surface area (Å²) in [6.45, 7) is -0.0728. The molecule has 0 unspecified atom stereocenters. The third-order valence-corrected chi connectivity index (χ3v) is 4.16. The number of imidazole rings is 1. The van der Waals surface area contributed by atoms with E-state index in [4.69, 9.17) is 0 Å². The van der Waals surface area contributed by atoms with E-state index in [2.05, 4.69) is 4.98 Å². The second-order valence-corrected chi connectivity index (χ2v) is 5.58. The van der Waals surface area contributed by atoms with Crippen molar-refractivity contribution in [2.75, 3.05) is 4.90 Å². The van der Waals surface area contributed by atoms with Crippen molar-refractivity contribution in [3.8, 4) is 0 Å². The van der Waals surface area contributed by atoms with Crippen molar-refractivity contribution >= 4 is 28.7 Å². The maximum Gasteiger partial charge on any atom is 0.332 e. The fraction of sp³-hybridized carbons (Fsp3) is 0.200. The Morgan fingerprint density at radius 3 is 2.38 bits per heavy atom. The van der Waals surface area contributed by atoms with E-state index in [0.29, 0.717) is 5.69 Å². The topological polar surface area (TPSA) is 82.1 Å². The van der Waals surface area contributed by atoms with Gasteiger partial charge in [-0.2, -0.15) is 4.98 Å². The first kappa shape index (κ1) is 14.4. The Morgan fingerprint density at radius 1 is 1.04 bits per heavy atom.